The summed E-state index contributed by atoms with van der Waals surface area (Å²) in [5.41, 5.74) is 6.87. The summed E-state index contributed by atoms with van der Waals surface area (Å²) in [7, 11) is 0. The minimum absolute atomic E-state index is 0.118. The zero-order chi connectivity index (χ0) is 23.8. The van der Waals surface area contributed by atoms with Crippen LogP contribution < -0.4 is 15.8 Å². The van der Waals surface area contributed by atoms with E-state index in [1.54, 1.807) is 72.8 Å². The molecule has 168 valence electrons. The Bertz CT molecular complexity index is 1130. The van der Waals surface area contributed by atoms with E-state index in [1.807, 2.05) is 0 Å². The molecule has 0 bridgehead atoms. The molecule has 0 aliphatic heterocycles. The molecule has 0 heterocycles. The second kappa shape index (κ2) is 10.7. The van der Waals surface area contributed by atoms with Gasteiger partial charge in [-0.25, -0.2) is 4.79 Å². The minimum atomic E-state index is -1.72. The Balaban J connectivity index is 1.80. The van der Waals surface area contributed by atoms with E-state index in [0.29, 0.717) is 16.7 Å². The number of nitrogens with two attached hydrogens (primary N) is 1. The van der Waals surface area contributed by atoms with Crippen molar-refractivity contribution in [3.05, 3.63) is 102 Å². The maximum absolute atomic E-state index is 12.9. The molecule has 3 aromatic rings. The number of para-hydroxylation sites is 1. The molecule has 0 spiro atoms. The third kappa shape index (κ3) is 6.27. The lowest BCUT2D eigenvalue weighted by molar-refractivity contribution is -0.150. The second-order valence-corrected chi connectivity index (χ2v) is 7.25. The monoisotopic (exact) mass is 445 g/mol. The lowest BCUT2D eigenvalue weighted by Crippen LogP contribution is -2.39. The Kier molecular flexibility index (Phi) is 7.54. The number of carbonyl (C=O) groups is 3. The maximum Gasteiger partial charge on any atom is 0.352 e. The Hall–Kier alpha value is -4.46. The van der Waals surface area contributed by atoms with Gasteiger partial charge in [-0.15, -0.1) is 0 Å². The molecule has 0 saturated carbocycles. The first kappa shape index (κ1) is 23.2. The van der Waals surface area contributed by atoms with Gasteiger partial charge in [-0.2, -0.15) is 0 Å². The number of aliphatic carboxylic acids is 1. The van der Waals surface area contributed by atoms with E-state index in [-0.39, 0.29) is 18.0 Å². The van der Waals surface area contributed by atoms with Crippen molar-refractivity contribution < 1.29 is 24.2 Å². The molecule has 33 heavy (non-hydrogen) atoms. The highest BCUT2D eigenvalue weighted by Crippen LogP contribution is 2.21. The second-order valence-electron chi connectivity index (χ2n) is 7.25. The average molecular weight is 445 g/mol. The molecule has 0 aliphatic rings. The third-order valence-corrected chi connectivity index (χ3v) is 4.88. The average Bonchev–Trinajstić information content (AvgIpc) is 2.83. The number of hydrogen-bond donors (Lipinski definition) is 4. The number of benzene rings is 3. The Morgan fingerprint density at radius 1 is 0.879 bits per heavy atom. The number of Topliss-reactive ketones (excluding diaryl/α,β-unsaturated/α-hetero) is 1. The summed E-state index contributed by atoms with van der Waals surface area (Å²) < 4.78 is 5.41. The Labute approximate surface area is 190 Å². The predicted molar refractivity (Wildman–Crippen MR) is 122 cm³/mol. The zero-order valence-electron chi connectivity index (χ0n) is 17.6. The maximum atomic E-state index is 12.9. The largest absolute Gasteiger partial charge is 0.478 e. The molecule has 2 atom stereocenters. The van der Waals surface area contributed by atoms with E-state index in [9.17, 15) is 19.5 Å². The summed E-state index contributed by atoms with van der Waals surface area (Å²) in [4.78, 5) is 37.5. The molecule has 0 saturated heterocycles. The van der Waals surface area contributed by atoms with Crippen molar-refractivity contribution in [1.29, 1.82) is 5.41 Å². The highest BCUT2D eigenvalue weighted by Gasteiger charge is 2.31. The molecule has 0 aromatic heterocycles. The standard InChI is InChI=1S/C25H23N3O5/c26-23(27)17-11-13-18(14-12-17)24(30)28-20(16-7-3-1-4-8-16)15-21(29)22(25(31)32)33-19-9-5-2-6-10-19/h1-14,20,22H,15H2,(H3,26,27)(H,28,30)(H,31,32). The van der Waals surface area contributed by atoms with Gasteiger partial charge in [0.2, 0.25) is 0 Å². The van der Waals surface area contributed by atoms with Gasteiger partial charge >= 0.3 is 5.97 Å². The van der Waals surface area contributed by atoms with Gasteiger partial charge in [0.15, 0.2) is 5.78 Å². The molecule has 0 aliphatic carbocycles. The molecule has 8 nitrogen and oxygen atoms in total. The minimum Gasteiger partial charge on any atom is -0.478 e. The van der Waals surface area contributed by atoms with E-state index in [4.69, 9.17) is 15.9 Å². The molecule has 5 N–H and O–H groups in total. The molecule has 0 radical (unpaired) electrons. The van der Waals surface area contributed by atoms with Crippen molar-refractivity contribution in [1.82, 2.24) is 5.32 Å². The fourth-order valence-corrected chi connectivity index (χ4v) is 3.18. The van der Waals surface area contributed by atoms with Gasteiger partial charge in [-0.3, -0.25) is 15.0 Å². The van der Waals surface area contributed by atoms with Gasteiger partial charge < -0.3 is 20.9 Å². The number of rotatable bonds is 10. The number of ketones is 1. The number of carbonyl (C=O) groups excluding carboxylic acids is 2. The van der Waals surface area contributed by atoms with Crippen LogP contribution in [0.2, 0.25) is 0 Å². The van der Waals surface area contributed by atoms with Crippen molar-refractivity contribution in [2.45, 2.75) is 18.6 Å². The molecule has 1 amide bonds. The van der Waals surface area contributed by atoms with Crippen LogP contribution in [0.5, 0.6) is 5.75 Å². The summed E-state index contributed by atoms with van der Waals surface area (Å²) in [5.74, 6) is -2.42. The summed E-state index contributed by atoms with van der Waals surface area (Å²) >= 11 is 0. The van der Waals surface area contributed by atoms with Crippen LogP contribution in [0.15, 0.2) is 84.9 Å². The van der Waals surface area contributed by atoms with E-state index < -0.39 is 29.8 Å². The Morgan fingerprint density at radius 3 is 1.97 bits per heavy atom. The first-order valence-electron chi connectivity index (χ1n) is 10.1. The number of hydrogen-bond acceptors (Lipinski definition) is 5. The first-order chi connectivity index (χ1) is 15.8. The number of ether oxygens (including phenoxy) is 1. The van der Waals surface area contributed by atoms with Crippen molar-refractivity contribution >= 4 is 23.5 Å². The van der Waals surface area contributed by atoms with Crippen molar-refractivity contribution in [2.24, 2.45) is 5.73 Å². The zero-order valence-corrected chi connectivity index (χ0v) is 17.6. The van der Waals surface area contributed by atoms with Crippen LogP contribution in [0.25, 0.3) is 0 Å². The summed E-state index contributed by atoms with van der Waals surface area (Å²) in [6.07, 6.45) is -2.00. The number of amides is 1. The molecular weight excluding hydrogens is 422 g/mol. The lowest BCUT2D eigenvalue weighted by atomic mass is 9.98. The lowest BCUT2D eigenvalue weighted by Gasteiger charge is -2.21. The van der Waals surface area contributed by atoms with Crippen LogP contribution in [0, 0.1) is 5.41 Å². The van der Waals surface area contributed by atoms with E-state index in [0.717, 1.165) is 0 Å². The van der Waals surface area contributed by atoms with Crippen molar-refractivity contribution in [3.63, 3.8) is 0 Å². The first-order valence-corrected chi connectivity index (χ1v) is 10.1. The topological polar surface area (TPSA) is 143 Å². The molecule has 0 fully saturated rings. The van der Waals surface area contributed by atoms with Crippen LogP contribution in [-0.2, 0) is 9.59 Å². The fourth-order valence-electron chi connectivity index (χ4n) is 3.18. The van der Waals surface area contributed by atoms with Crippen LogP contribution in [0.1, 0.15) is 33.9 Å². The predicted octanol–water partition coefficient (Wildman–Crippen LogP) is 2.93. The molecule has 8 heteroatoms. The van der Waals surface area contributed by atoms with Gasteiger partial charge in [-0.1, -0.05) is 60.7 Å². The number of carboxylic acids is 1. The van der Waals surface area contributed by atoms with Gasteiger partial charge in [0.05, 0.1) is 6.04 Å². The number of nitrogen functional groups attached to an aromatic ring is 1. The van der Waals surface area contributed by atoms with Gasteiger partial charge in [0.25, 0.3) is 12.0 Å². The molecule has 2 unspecified atom stereocenters. The van der Waals surface area contributed by atoms with Crippen LogP contribution in [0.3, 0.4) is 0 Å². The third-order valence-electron chi connectivity index (χ3n) is 4.88. The van der Waals surface area contributed by atoms with Crippen LogP contribution >= 0.6 is 0 Å². The molecular formula is C25H23N3O5. The smallest absolute Gasteiger partial charge is 0.352 e. The van der Waals surface area contributed by atoms with Crippen molar-refractivity contribution in [3.8, 4) is 5.75 Å². The SMILES string of the molecule is N=C(N)c1ccc(C(=O)NC(CC(=O)C(Oc2ccccc2)C(=O)O)c2ccccc2)cc1. The number of nitrogens with one attached hydrogen (secondary N) is 2. The van der Waals surface area contributed by atoms with E-state index in [1.165, 1.54) is 12.1 Å². The van der Waals surface area contributed by atoms with E-state index in [2.05, 4.69) is 5.32 Å². The summed E-state index contributed by atoms with van der Waals surface area (Å²) in [5, 5.41) is 19.8. The normalized spacial score (nSPS) is 12.2. The van der Waals surface area contributed by atoms with Gasteiger partial charge in [0.1, 0.15) is 11.6 Å². The Morgan fingerprint density at radius 2 is 1.42 bits per heavy atom. The van der Waals surface area contributed by atoms with Gasteiger partial charge in [-0.05, 0) is 29.8 Å². The quantitative estimate of drug-likeness (QED) is 0.215. The van der Waals surface area contributed by atoms with E-state index >= 15 is 0 Å². The summed E-state index contributed by atoms with van der Waals surface area (Å²) in [6.45, 7) is 0. The number of carboxylic acid groups (broad SMARTS) is 1. The van der Waals surface area contributed by atoms with Crippen LogP contribution in [-0.4, -0.2) is 34.7 Å². The van der Waals surface area contributed by atoms with Crippen molar-refractivity contribution in [2.75, 3.05) is 0 Å². The highest BCUT2D eigenvalue weighted by atomic mass is 16.5. The fraction of sp³-hybridized carbons (Fsp3) is 0.120. The highest BCUT2D eigenvalue weighted by molar-refractivity contribution is 6.02. The van der Waals surface area contributed by atoms with Crippen LogP contribution in [0.4, 0.5) is 0 Å². The van der Waals surface area contributed by atoms with Gasteiger partial charge in [0, 0.05) is 17.5 Å². The summed E-state index contributed by atoms with van der Waals surface area (Å²) in [6, 6.07) is 22.4. The molecule has 3 aromatic carbocycles. The molecule has 3 rings (SSSR count). The number of amidine groups is 1.